The van der Waals surface area contributed by atoms with Gasteiger partial charge >= 0.3 is 0 Å². The molecule has 0 saturated carbocycles. The summed E-state index contributed by atoms with van der Waals surface area (Å²) in [4.78, 5) is 27.2. The first-order valence-corrected chi connectivity index (χ1v) is 21.2. The number of hydrogen-bond donors (Lipinski definition) is 0. The van der Waals surface area contributed by atoms with Crippen LogP contribution in [0.3, 0.4) is 0 Å². The summed E-state index contributed by atoms with van der Waals surface area (Å²) in [5.74, 6) is 0.907. The number of carbonyl (C=O) groups excluding carboxylic acids is 1. The maximum absolute atomic E-state index is 13.4. The van der Waals surface area contributed by atoms with Gasteiger partial charge in [0.05, 0.1) is 11.4 Å². The molecule has 0 aliphatic carbocycles. The fraction of sp³-hybridized carbons (Fsp3) is 0.536. The Morgan fingerprint density at radius 2 is 1.62 bits per heavy atom. The average molecular weight is 571 g/mol. The van der Waals surface area contributed by atoms with Gasteiger partial charge in [0.25, 0.3) is 0 Å². The van der Waals surface area contributed by atoms with E-state index >= 15 is 0 Å². The molecule has 3 aromatic rings. The van der Waals surface area contributed by atoms with E-state index in [9.17, 15) is 4.79 Å². The molecule has 9 nitrogen and oxygen atoms in total. The Kier molecular flexibility index (Phi) is 9.15. The van der Waals surface area contributed by atoms with Crippen molar-refractivity contribution in [3.05, 3.63) is 30.3 Å². The van der Waals surface area contributed by atoms with Crippen LogP contribution in [-0.4, -0.2) is 63.8 Å². The molecule has 5 rings (SSSR count). The largest absolute Gasteiger partial charge is 0.451 e. The van der Waals surface area contributed by atoms with E-state index in [2.05, 4.69) is 39.3 Å². The zero-order chi connectivity index (χ0) is 28.2. The topological polar surface area (TPSA) is 87.9 Å². The summed E-state index contributed by atoms with van der Waals surface area (Å²) >= 11 is 0. The number of aromatic nitrogens is 3. The second-order valence-corrected chi connectivity index (χ2v) is 23.6. The number of rotatable bonds is 14. The van der Waals surface area contributed by atoms with Crippen LogP contribution < -0.4 is 14.5 Å². The van der Waals surface area contributed by atoms with Gasteiger partial charge in [-0.25, -0.2) is 4.98 Å². The minimum Gasteiger partial charge on any atom is -0.451 e. The molecule has 0 unspecified atom stereocenters. The van der Waals surface area contributed by atoms with Crippen molar-refractivity contribution < 1.29 is 23.8 Å². The Hall–Kier alpha value is -2.74. The number of anilines is 2. The first-order chi connectivity index (χ1) is 18.5. The van der Waals surface area contributed by atoms with Crippen LogP contribution >= 0.6 is 0 Å². The summed E-state index contributed by atoms with van der Waals surface area (Å²) in [5.41, 5.74) is 2.90. The number of fused-ring (bicyclic) bond motifs is 1. The first-order valence-electron chi connectivity index (χ1n) is 13.8. The molecule has 0 saturated heterocycles. The highest BCUT2D eigenvalue weighted by atomic mass is 28.3. The molecule has 4 bridgehead atoms. The Morgan fingerprint density at radius 1 is 0.923 bits per heavy atom. The molecule has 4 heterocycles. The number of amides is 1. The molecular formula is C28H42N4O5Si2. The number of benzene rings is 1. The Balaban J connectivity index is 1.60. The molecule has 2 aliphatic heterocycles. The highest BCUT2D eigenvalue weighted by molar-refractivity contribution is 6.76. The van der Waals surface area contributed by atoms with Gasteiger partial charge in [0, 0.05) is 52.8 Å². The fourth-order valence-corrected chi connectivity index (χ4v) is 5.66. The lowest BCUT2D eigenvalue weighted by Crippen LogP contribution is -2.28. The molecule has 2 aliphatic rings. The lowest BCUT2D eigenvalue weighted by Gasteiger charge is -2.25. The second-order valence-electron chi connectivity index (χ2n) is 12.4. The van der Waals surface area contributed by atoms with Gasteiger partial charge in [-0.3, -0.25) is 9.69 Å². The number of nitrogens with zero attached hydrogens (tertiary/aromatic N) is 4. The van der Waals surface area contributed by atoms with Crippen LogP contribution in [0.4, 0.5) is 11.5 Å². The third kappa shape index (κ3) is 7.47. The monoisotopic (exact) mass is 570 g/mol. The summed E-state index contributed by atoms with van der Waals surface area (Å²) in [6.07, 6.45) is 1.10. The molecule has 0 N–H and O–H groups in total. The van der Waals surface area contributed by atoms with Gasteiger partial charge in [0.1, 0.15) is 5.52 Å². The SMILES string of the molecule is CCCC(=O)N1c2ccc(OCOCC[Si](C)(C)C)nc2-c2ccc3c1nn(OCOCC[Si](C)(C)C)c3c2. The lowest BCUT2D eigenvalue weighted by molar-refractivity contribution is -0.118. The predicted molar refractivity (Wildman–Crippen MR) is 160 cm³/mol. The maximum atomic E-state index is 13.4. The van der Waals surface area contributed by atoms with Crippen molar-refractivity contribution in [2.24, 2.45) is 0 Å². The van der Waals surface area contributed by atoms with Crippen LogP contribution in [0.25, 0.3) is 22.2 Å². The normalized spacial score (nSPS) is 13.1. The van der Waals surface area contributed by atoms with Crippen LogP contribution in [-0.2, 0) is 14.3 Å². The van der Waals surface area contributed by atoms with Crippen molar-refractivity contribution in [2.45, 2.75) is 71.1 Å². The summed E-state index contributed by atoms with van der Waals surface area (Å²) in [6, 6.07) is 11.7. The van der Waals surface area contributed by atoms with Gasteiger partial charge < -0.3 is 19.0 Å². The van der Waals surface area contributed by atoms with Crippen LogP contribution in [0.2, 0.25) is 51.4 Å². The summed E-state index contributed by atoms with van der Waals surface area (Å²) < 4.78 is 17.3. The quantitative estimate of drug-likeness (QED) is 0.128. The number of carbonyl (C=O) groups is 1. The molecular weight excluding hydrogens is 529 g/mol. The van der Waals surface area contributed by atoms with E-state index in [0.717, 1.165) is 35.0 Å². The van der Waals surface area contributed by atoms with Crippen molar-refractivity contribution in [3.63, 3.8) is 0 Å². The third-order valence-electron chi connectivity index (χ3n) is 6.46. The number of pyridine rings is 1. The standard InChI is InChI=1S/C28H42N4O5Si2/c1-8-9-26(33)31-23-12-13-25(36-19-34-14-16-38(2,3)4)29-27(23)21-10-11-22-24(18-21)32(30-28(22)31)37-20-35-15-17-39(5,6)7/h10-13,18H,8-9,14-17,19-20H2,1-7H3. The average Bonchev–Trinajstić information content (AvgIpc) is 3.21. The predicted octanol–water partition coefficient (Wildman–Crippen LogP) is 6.31. The Labute approximate surface area is 233 Å². The molecule has 0 radical (unpaired) electrons. The highest BCUT2D eigenvalue weighted by Crippen LogP contribution is 2.42. The summed E-state index contributed by atoms with van der Waals surface area (Å²) in [5, 5.41) is 5.53. The van der Waals surface area contributed by atoms with Gasteiger partial charge in [-0.2, -0.15) is 0 Å². The van der Waals surface area contributed by atoms with Crippen LogP contribution in [0.5, 0.6) is 5.88 Å². The Bertz CT molecular complexity index is 1300. The molecule has 39 heavy (non-hydrogen) atoms. The highest BCUT2D eigenvalue weighted by Gasteiger charge is 2.30. The second kappa shape index (κ2) is 12.2. The van der Waals surface area contributed by atoms with E-state index in [4.69, 9.17) is 29.1 Å². The lowest BCUT2D eigenvalue weighted by atomic mass is 10.0. The molecule has 212 valence electrons. The van der Waals surface area contributed by atoms with Gasteiger partial charge in [-0.05, 0) is 36.7 Å². The van der Waals surface area contributed by atoms with Crippen molar-refractivity contribution in [1.82, 2.24) is 14.9 Å². The first kappa shape index (κ1) is 29.3. The van der Waals surface area contributed by atoms with Crippen LogP contribution in [0, 0.1) is 0 Å². The van der Waals surface area contributed by atoms with E-state index < -0.39 is 16.1 Å². The van der Waals surface area contributed by atoms with Crippen molar-refractivity contribution in [3.8, 4) is 17.1 Å². The number of hydrogen-bond acceptors (Lipinski definition) is 7. The zero-order valence-corrected chi connectivity index (χ0v) is 26.4. The van der Waals surface area contributed by atoms with Gasteiger partial charge in [0.15, 0.2) is 12.6 Å². The smallest absolute Gasteiger partial charge is 0.232 e. The fourth-order valence-electron chi connectivity index (χ4n) is 4.15. The van der Waals surface area contributed by atoms with Gasteiger partial charge in [-0.1, -0.05) is 57.1 Å². The molecule has 0 fully saturated rings. The molecule has 0 atom stereocenters. The van der Waals surface area contributed by atoms with Gasteiger partial charge in [-0.15, -0.1) is 5.10 Å². The molecule has 1 amide bonds. The Morgan fingerprint density at radius 3 is 2.28 bits per heavy atom. The van der Waals surface area contributed by atoms with E-state index in [0.29, 0.717) is 42.7 Å². The van der Waals surface area contributed by atoms with E-state index in [1.54, 1.807) is 11.0 Å². The molecule has 1 aromatic carbocycles. The zero-order valence-electron chi connectivity index (χ0n) is 24.4. The minimum absolute atomic E-state index is 0.0516. The maximum Gasteiger partial charge on any atom is 0.232 e. The minimum atomic E-state index is -1.19. The van der Waals surface area contributed by atoms with Crippen LogP contribution in [0.15, 0.2) is 30.3 Å². The molecule has 2 aromatic heterocycles. The van der Waals surface area contributed by atoms with Gasteiger partial charge in [0.2, 0.25) is 18.6 Å². The summed E-state index contributed by atoms with van der Waals surface area (Å²) in [7, 11) is -2.36. The van der Waals surface area contributed by atoms with Crippen LogP contribution in [0.1, 0.15) is 19.8 Å². The van der Waals surface area contributed by atoms with Crippen molar-refractivity contribution in [1.29, 1.82) is 0 Å². The van der Waals surface area contributed by atoms with E-state index in [1.807, 2.05) is 31.2 Å². The van der Waals surface area contributed by atoms with E-state index in [-0.39, 0.29) is 19.5 Å². The van der Waals surface area contributed by atoms with E-state index in [1.165, 1.54) is 4.85 Å². The summed E-state index contributed by atoms with van der Waals surface area (Å²) in [6.45, 7) is 17.4. The third-order valence-corrected chi connectivity index (χ3v) is 9.87. The number of ether oxygens (including phenoxy) is 3. The molecule has 0 spiro atoms. The van der Waals surface area contributed by atoms with Crippen molar-refractivity contribution in [2.75, 3.05) is 31.7 Å². The van der Waals surface area contributed by atoms with Crippen molar-refractivity contribution >= 4 is 44.5 Å². The molecule has 11 heteroatoms.